The quantitative estimate of drug-likeness (QED) is 0.703. The highest BCUT2D eigenvalue weighted by Crippen LogP contribution is 2.14. The molecule has 0 aromatic rings. The van der Waals surface area contributed by atoms with Crippen molar-refractivity contribution in [3.8, 4) is 0 Å². The third-order valence-electron chi connectivity index (χ3n) is 2.35. The molecule has 1 aliphatic heterocycles. The summed E-state index contributed by atoms with van der Waals surface area (Å²) in [5.41, 5.74) is 0. The number of carbonyl (C=O) groups is 1. The average Bonchev–Trinajstić information content (AvgIpc) is 2.65. The summed E-state index contributed by atoms with van der Waals surface area (Å²) in [6.07, 6.45) is 1.09. The van der Waals surface area contributed by atoms with Gasteiger partial charge in [-0.05, 0) is 13.3 Å². The second kappa shape index (κ2) is 5.60. The molecular formula is C9H16BrNO2. The third-order valence-corrected chi connectivity index (χ3v) is 2.83. The molecule has 0 saturated carbocycles. The number of hydrogen-bond donors (Lipinski definition) is 0. The van der Waals surface area contributed by atoms with E-state index in [1.54, 1.807) is 0 Å². The Morgan fingerprint density at radius 2 is 2.46 bits per heavy atom. The van der Waals surface area contributed by atoms with Crippen LogP contribution >= 0.6 is 15.9 Å². The highest BCUT2D eigenvalue weighted by atomic mass is 79.9. The largest absolute Gasteiger partial charge is 0.381 e. The van der Waals surface area contributed by atoms with Gasteiger partial charge in [0, 0.05) is 25.6 Å². The Kier molecular flexibility index (Phi) is 4.73. The molecule has 1 rings (SSSR count). The van der Waals surface area contributed by atoms with Gasteiger partial charge in [0.2, 0.25) is 5.91 Å². The fourth-order valence-corrected chi connectivity index (χ4v) is 1.89. The maximum absolute atomic E-state index is 11.4. The summed E-state index contributed by atoms with van der Waals surface area (Å²) < 4.78 is 5.27. The molecule has 1 atom stereocenters. The molecule has 3 nitrogen and oxygen atoms in total. The van der Waals surface area contributed by atoms with Gasteiger partial charge >= 0.3 is 0 Å². The van der Waals surface area contributed by atoms with E-state index in [1.165, 1.54) is 0 Å². The van der Waals surface area contributed by atoms with E-state index in [4.69, 9.17) is 4.74 Å². The Labute approximate surface area is 87.6 Å². The van der Waals surface area contributed by atoms with Gasteiger partial charge in [-0.2, -0.15) is 0 Å². The van der Waals surface area contributed by atoms with Crippen LogP contribution < -0.4 is 0 Å². The lowest BCUT2D eigenvalue weighted by atomic mass is 10.1. The van der Waals surface area contributed by atoms with Crippen LogP contribution in [-0.4, -0.2) is 42.4 Å². The van der Waals surface area contributed by atoms with Crippen molar-refractivity contribution in [1.29, 1.82) is 0 Å². The molecule has 0 spiro atoms. The van der Waals surface area contributed by atoms with E-state index in [2.05, 4.69) is 15.9 Å². The van der Waals surface area contributed by atoms with Gasteiger partial charge in [0.1, 0.15) is 0 Å². The normalized spacial score (nSPS) is 21.8. The molecule has 0 aromatic heterocycles. The van der Waals surface area contributed by atoms with Crippen LogP contribution in [0.1, 0.15) is 13.3 Å². The summed E-state index contributed by atoms with van der Waals surface area (Å²) >= 11 is 3.18. The van der Waals surface area contributed by atoms with Gasteiger partial charge in [-0.25, -0.2) is 0 Å². The van der Waals surface area contributed by atoms with Gasteiger partial charge in [0.15, 0.2) is 0 Å². The predicted molar refractivity (Wildman–Crippen MR) is 55.0 cm³/mol. The summed E-state index contributed by atoms with van der Waals surface area (Å²) in [4.78, 5) is 13.3. The number of amides is 1. The smallest absolute Gasteiger partial charge is 0.233 e. The molecule has 4 heteroatoms. The number of halogens is 1. The van der Waals surface area contributed by atoms with Crippen LogP contribution in [0.2, 0.25) is 0 Å². The van der Waals surface area contributed by atoms with Gasteiger partial charge in [0.05, 0.1) is 11.9 Å². The molecule has 1 aliphatic rings. The lowest BCUT2D eigenvalue weighted by Crippen LogP contribution is -2.36. The lowest BCUT2D eigenvalue weighted by Gasteiger charge is -2.22. The summed E-state index contributed by atoms with van der Waals surface area (Å²) in [6, 6.07) is 0. The van der Waals surface area contributed by atoms with Crippen LogP contribution in [-0.2, 0) is 9.53 Å². The first-order chi connectivity index (χ1) is 6.27. The third kappa shape index (κ3) is 3.27. The van der Waals surface area contributed by atoms with Gasteiger partial charge < -0.3 is 9.64 Å². The zero-order valence-corrected chi connectivity index (χ0v) is 9.55. The van der Waals surface area contributed by atoms with Crippen LogP contribution in [0.25, 0.3) is 0 Å². The molecule has 0 aliphatic carbocycles. The monoisotopic (exact) mass is 249 g/mol. The minimum atomic E-state index is 0.175. The van der Waals surface area contributed by atoms with Crippen LogP contribution in [0.3, 0.4) is 0 Å². The van der Waals surface area contributed by atoms with Crippen molar-refractivity contribution in [2.45, 2.75) is 13.3 Å². The van der Waals surface area contributed by atoms with E-state index >= 15 is 0 Å². The molecule has 1 amide bonds. The van der Waals surface area contributed by atoms with E-state index in [-0.39, 0.29) is 5.91 Å². The van der Waals surface area contributed by atoms with Crippen molar-refractivity contribution in [2.75, 3.05) is 31.6 Å². The summed E-state index contributed by atoms with van der Waals surface area (Å²) in [5, 5.41) is 0.425. The van der Waals surface area contributed by atoms with E-state index in [0.717, 1.165) is 32.7 Å². The fourth-order valence-electron chi connectivity index (χ4n) is 1.53. The zero-order valence-electron chi connectivity index (χ0n) is 7.96. The average molecular weight is 250 g/mol. The maximum atomic E-state index is 11.4. The number of carbonyl (C=O) groups excluding carboxylic acids is 1. The topological polar surface area (TPSA) is 29.5 Å². The first-order valence-electron chi connectivity index (χ1n) is 4.69. The van der Waals surface area contributed by atoms with Gasteiger partial charge in [0.25, 0.3) is 0 Å². The molecule has 1 saturated heterocycles. The van der Waals surface area contributed by atoms with Crippen molar-refractivity contribution in [2.24, 2.45) is 5.92 Å². The van der Waals surface area contributed by atoms with Crippen molar-refractivity contribution < 1.29 is 9.53 Å². The lowest BCUT2D eigenvalue weighted by molar-refractivity contribution is -0.128. The van der Waals surface area contributed by atoms with Crippen LogP contribution in [0, 0.1) is 5.92 Å². The molecule has 13 heavy (non-hydrogen) atoms. The first kappa shape index (κ1) is 11.0. The minimum Gasteiger partial charge on any atom is -0.381 e. The Morgan fingerprint density at radius 1 is 1.69 bits per heavy atom. The van der Waals surface area contributed by atoms with E-state index in [9.17, 15) is 4.79 Å². The molecule has 76 valence electrons. The molecule has 0 aromatic carbocycles. The molecule has 1 heterocycles. The minimum absolute atomic E-state index is 0.175. The highest BCUT2D eigenvalue weighted by molar-refractivity contribution is 9.09. The summed E-state index contributed by atoms with van der Waals surface area (Å²) in [6.45, 7) is 5.31. The van der Waals surface area contributed by atoms with Crippen LogP contribution in [0.5, 0.6) is 0 Å². The van der Waals surface area contributed by atoms with E-state index < -0.39 is 0 Å². The van der Waals surface area contributed by atoms with Crippen molar-refractivity contribution in [3.63, 3.8) is 0 Å². The molecule has 0 bridgehead atoms. The van der Waals surface area contributed by atoms with Crippen molar-refractivity contribution in [3.05, 3.63) is 0 Å². The standard InChI is InChI=1S/C9H16BrNO2/c1-2-11(9(12)5-10)6-8-3-4-13-7-8/h8H,2-7H2,1H3. The van der Waals surface area contributed by atoms with Gasteiger partial charge in [-0.15, -0.1) is 0 Å². The van der Waals surface area contributed by atoms with Crippen LogP contribution in [0.15, 0.2) is 0 Å². The Balaban J connectivity index is 2.33. The Hall–Kier alpha value is -0.0900. The second-order valence-corrected chi connectivity index (χ2v) is 3.86. The number of nitrogens with zero attached hydrogens (tertiary/aromatic N) is 1. The second-order valence-electron chi connectivity index (χ2n) is 3.30. The molecule has 0 radical (unpaired) electrons. The Morgan fingerprint density at radius 3 is 2.92 bits per heavy atom. The van der Waals surface area contributed by atoms with E-state index in [0.29, 0.717) is 11.2 Å². The summed E-state index contributed by atoms with van der Waals surface area (Å²) in [7, 11) is 0. The molecular weight excluding hydrogens is 234 g/mol. The van der Waals surface area contributed by atoms with Gasteiger partial charge in [-0.1, -0.05) is 15.9 Å². The molecule has 0 N–H and O–H groups in total. The van der Waals surface area contributed by atoms with Crippen LogP contribution in [0.4, 0.5) is 0 Å². The predicted octanol–water partition coefficient (Wildman–Crippen LogP) is 1.27. The fraction of sp³-hybridized carbons (Fsp3) is 0.889. The van der Waals surface area contributed by atoms with Gasteiger partial charge in [-0.3, -0.25) is 4.79 Å². The number of alkyl halides is 1. The zero-order chi connectivity index (χ0) is 9.68. The molecule has 1 fully saturated rings. The summed E-state index contributed by atoms with van der Waals surface area (Å²) in [5.74, 6) is 0.720. The SMILES string of the molecule is CCN(CC1CCOC1)C(=O)CBr. The van der Waals surface area contributed by atoms with Crippen molar-refractivity contribution in [1.82, 2.24) is 4.90 Å². The number of rotatable bonds is 4. The van der Waals surface area contributed by atoms with Crippen molar-refractivity contribution >= 4 is 21.8 Å². The molecule has 1 unspecified atom stereocenters. The van der Waals surface area contributed by atoms with E-state index in [1.807, 2.05) is 11.8 Å². The Bertz CT molecular complexity index is 169. The highest BCUT2D eigenvalue weighted by Gasteiger charge is 2.20. The first-order valence-corrected chi connectivity index (χ1v) is 5.81. The number of hydrogen-bond acceptors (Lipinski definition) is 2. The maximum Gasteiger partial charge on any atom is 0.233 e. The number of ether oxygens (including phenoxy) is 1.